The van der Waals surface area contributed by atoms with E-state index in [-0.39, 0.29) is 10.8 Å². The topological polar surface area (TPSA) is 94.3 Å². The number of hydrogen-bond acceptors (Lipinski definition) is 7. The van der Waals surface area contributed by atoms with Gasteiger partial charge in [0.05, 0.1) is 17.7 Å². The molecule has 7 nitrogen and oxygen atoms in total. The van der Waals surface area contributed by atoms with Gasteiger partial charge in [-0.15, -0.1) is 11.3 Å². The van der Waals surface area contributed by atoms with Crippen molar-refractivity contribution in [2.45, 2.75) is 18.7 Å². The van der Waals surface area contributed by atoms with E-state index in [4.69, 9.17) is 9.26 Å². The lowest BCUT2D eigenvalue weighted by atomic mass is 10.2. The number of benzene rings is 2. The first kappa shape index (κ1) is 20.1. The highest BCUT2D eigenvalue weighted by Gasteiger charge is 2.24. The molecule has 4 aromatic rings. The van der Waals surface area contributed by atoms with Gasteiger partial charge in [-0.05, 0) is 37.6 Å². The van der Waals surface area contributed by atoms with Gasteiger partial charge in [0.1, 0.15) is 10.6 Å². The van der Waals surface area contributed by atoms with Gasteiger partial charge >= 0.3 is 0 Å². The highest BCUT2D eigenvalue weighted by molar-refractivity contribution is 7.93. The molecule has 0 saturated carbocycles. The van der Waals surface area contributed by atoms with Crippen molar-refractivity contribution in [2.75, 3.05) is 11.8 Å². The second-order valence-electron chi connectivity index (χ2n) is 6.63. The number of nitrogens with zero attached hydrogens (tertiary/aromatic N) is 2. The largest absolute Gasteiger partial charge is 0.495 e. The Morgan fingerprint density at radius 3 is 2.57 bits per heavy atom. The van der Waals surface area contributed by atoms with Crippen LogP contribution in [0.1, 0.15) is 10.4 Å². The van der Waals surface area contributed by atoms with Crippen molar-refractivity contribution in [3.05, 3.63) is 65.0 Å². The van der Waals surface area contributed by atoms with E-state index in [1.165, 1.54) is 18.4 Å². The lowest BCUT2D eigenvalue weighted by molar-refractivity contribution is 0.417. The zero-order chi connectivity index (χ0) is 21.3. The van der Waals surface area contributed by atoms with Crippen LogP contribution in [0.5, 0.6) is 5.75 Å². The Bertz CT molecular complexity index is 1300. The average molecular weight is 442 g/mol. The number of thiophene rings is 1. The van der Waals surface area contributed by atoms with E-state index < -0.39 is 10.0 Å². The summed E-state index contributed by atoms with van der Waals surface area (Å²) >= 11 is 1.28. The molecule has 0 unspecified atom stereocenters. The zero-order valence-electron chi connectivity index (χ0n) is 16.5. The molecule has 0 aliphatic carbocycles. The Hall–Kier alpha value is -3.17. The van der Waals surface area contributed by atoms with Crippen LogP contribution in [0.15, 0.2) is 64.0 Å². The molecule has 0 fully saturated rings. The van der Waals surface area contributed by atoms with Gasteiger partial charge in [-0.3, -0.25) is 4.72 Å². The molecule has 0 bridgehead atoms. The average Bonchev–Trinajstić information content (AvgIpc) is 3.36. The van der Waals surface area contributed by atoms with Gasteiger partial charge in [0.15, 0.2) is 0 Å². The fraction of sp³-hybridized carbons (Fsp3) is 0.143. The maximum atomic E-state index is 13.0. The van der Waals surface area contributed by atoms with E-state index in [1.54, 1.807) is 25.1 Å². The van der Waals surface area contributed by atoms with Crippen LogP contribution in [-0.4, -0.2) is 25.7 Å². The van der Waals surface area contributed by atoms with E-state index >= 15 is 0 Å². The number of aryl methyl sites for hydroxylation is 2. The number of sulfonamides is 1. The van der Waals surface area contributed by atoms with Gasteiger partial charge in [0.2, 0.25) is 5.82 Å². The minimum atomic E-state index is -3.84. The molecule has 0 spiro atoms. The first-order valence-corrected chi connectivity index (χ1v) is 11.3. The van der Waals surface area contributed by atoms with E-state index in [9.17, 15) is 8.42 Å². The molecule has 0 amide bonds. The zero-order valence-corrected chi connectivity index (χ0v) is 18.2. The second kappa shape index (κ2) is 7.92. The lowest BCUT2D eigenvalue weighted by Gasteiger charge is -2.12. The predicted octanol–water partition coefficient (Wildman–Crippen LogP) is 4.89. The van der Waals surface area contributed by atoms with E-state index in [1.807, 2.05) is 43.3 Å². The van der Waals surface area contributed by atoms with Gasteiger partial charge in [0, 0.05) is 10.4 Å². The summed E-state index contributed by atoms with van der Waals surface area (Å²) < 4.78 is 39.4. The van der Waals surface area contributed by atoms with Crippen LogP contribution in [0.3, 0.4) is 0 Å². The number of methoxy groups -OCH3 is 1. The minimum Gasteiger partial charge on any atom is -0.495 e. The molecule has 9 heteroatoms. The van der Waals surface area contributed by atoms with Crippen LogP contribution in [0, 0.1) is 13.8 Å². The molecule has 2 aromatic heterocycles. The summed E-state index contributed by atoms with van der Waals surface area (Å²) in [5.74, 6) is 1.17. The van der Waals surface area contributed by atoms with Crippen LogP contribution in [-0.2, 0) is 10.0 Å². The van der Waals surface area contributed by atoms with Crippen molar-refractivity contribution in [3.8, 4) is 27.9 Å². The molecule has 0 atom stereocenters. The molecule has 2 aromatic carbocycles. The van der Waals surface area contributed by atoms with Crippen molar-refractivity contribution < 1.29 is 17.7 Å². The number of nitrogens with one attached hydrogen (secondary N) is 1. The third-order valence-corrected chi connectivity index (χ3v) is 7.09. The number of aromatic nitrogens is 2. The quantitative estimate of drug-likeness (QED) is 0.458. The summed E-state index contributed by atoms with van der Waals surface area (Å²) in [6.45, 7) is 3.62. The van der Waals surface area contributed by atoms with Crippen LogP contribution in [0.4, 0.5) is 5.69 Å². The first-order chi connectivity index (χ1) is 14.4. The molecule has 0 radical (unpaired) electrons. The summed E-state index contributed by atoms with van der Waals surface area (Å²) in [5.41, 5.74) is 2.12. The lowest BCUT2D eigenvalue weighted by Crippen LogP contribution is -2.14. The van der Waals surface area contributed by atoms with Gasteiger partial charge < -0.3 is 9.26 Å². The van der Waals surface area contributed by atoms with Gasteiger partial charge in [-0.2, -0.15) is 4.98 Å². The van der Waals surface area contributed by atoms with Crippen LogP contribution >= 0.6 is 11.3 Å². The SMILES string of the molecule is COc1ccc(C)cc1NS(=O)(=O)c1cc(-c2nc(-c3ccccc3)no2)sc1C. The Morgan fingerprint density at radius 1 is 1.07 bits per heavy atom. The summed E-state index contributed by atoms with van der Waals surface area (Å²) in [6.07, 6.45) is 0. The molecule has 2 heterocycles. The molecule has 4 rings (SSSR count). The smallest absolute Gasteiger partial charge is 0.268 e. The second-order valence-corrected chi connectivity index (χ2v) is 9.54. The number of rotatable bonds is 6. The Balaban J connectivity index is 1.66. The minimum absolute atomic E-state index is 0.158. The van der Waals surface area contributed by atoms with Gasteiger partial charge in [0.25, 0.3) is 15.9 Å². The van der Waals surface area contributed by atoms with Gasteiger partial charge in [-0.25, -0.2) is 8.42 Å². The van der Waals surface area contributed by atoms with Gasteiger partial charge in [-0.1, -0.05) is 41.6 Å². The number of hydrogen-bond donors (Lipinski definition) is 1. The van der Waals surface area contributed by atoms with Crippen LogP contribution < -0.4 is 9.46 Å². The summed E-state index contributed by atoms with van der Waals surface area (Å²) in [6, 6.07) is 16.3. The maximum Gasteiger partial charge on any atom is 0.268 e. The Morgan fingerprint density at radius 2 is 1.83 bits per heavy atom. The van der Waals surface area contributed by atoms with Crippen molar-refractivity contribution in [3.63, 3.8) is 0 Å². The summed E-state index contributed by atoms with van der Waals surface area (Å²) in [5, 5.41) is 4.00. The highest BCUT2D eigenvalue weighted by atomic mass is 32.2. The first-order valence-electron chi connectivity index (χ1n) is 9.05. The molecule has 0 saturated heterocycles. The fourth-order valence-electron chi connectivity index (χ4n) is 2.97. The van der Waals surface area contributed by atoms with Crippen LogP contribution in [0.25, 0.3) is 22.2 Å². The van der Waals surface area contributed by atoms with Crippen molar-refractivity contribution >= 4 is 27.0 Å². The molecule has 0 aliphatic rings. The molecule has 1 N–H and O–H groups in total. The summed E-state index contributed by atoms with van der Waals surface area (Å²) in [4.78, 5) is 5.76. The normalized spacial score (nSPS) is 11.4. The van der Waals surface area contributed by atoms with E-state index in [2.05, 4.69) is 14.9 Å². The van der Waals surface area contributed by atoms with Crippen molar-refractivity contribution in [1.82, 2.24) is 10.1 Å². The monoisotopic (exact) mass is 441 g/mol. The number of ether oxygens (including phenoxy) is 1. The molecular formula is C21H19N3O4S2. The maximum absolute atomic E-state index is 13.0. The van der Waals surface area contributed by atoms with Crippen molar-refractivity contribution in [1.29, 1.82) is 0 Å². The fourth-order valence-corrected chi connectivity index (χ4v) is 5.54. The molecular weight excluding hydrogens is 422 g/mol. The Labute approximate surface area is 178 Å². The van der Waals surface area contributed by atoms with E-state index in [0.29, 0.717) is 27.0 Å². The highest BCUT2D eigenvalue weighted by Crippen LogP contribution is 2.35. The summed E-state index contributed by atoms with van der Waals surface area (Å²) in [7, 11) is -2.34. The third kappa shape index (κ3) is 3.94. The Kier molecular flexibility index (Phi) is 5.31. The van der Waals surface area contributed by atoms with Crippen LogP contribution in [0.2, 0.25) is 0 Å². The molecule has 30 heavy (non-hydrogen) atoms. The predicted molar refractivity (Wildman–Crippen MR) is 116 cm³/mol. The number of anilines is 1. The van der Waals surface area contributed by atoms with Crippen molar-refractivity contribution in [2.24, 2.45) is 0 Å². The molecule has 0 aliphatic heterocycles. The third-order valence-electron chi connectivity index (χ3n) is 4.43. The standard InChI is InChI=1S/C21H19N3O4S2/c1-13-9-10-17(27-3)16(11-13)24-30(25,26)19-12-18(29-14(19)2)21-22-20(23-28-21)15-7-5-4-6-8-15/h4-12,24H,1-3H3. The van der Waals surface area contributed by atoms with E-state index in [0.717, 1.165) is 11.1 Å². The molecule has 154 valence electrons.